The fraction of sp³-hybridized carbons (Fsp3) is 0.375. The molecule has 1 unspecified atom stereocenters. The number of benzene rings is 1. The summed E-state index contributed by atoms with van der Waals surface area (Å²) >= 11 is 5.92. The molecular formula is C16H18BClN2O5. The zero-order valence-electron chi connectivity index (χ0n) is 14.0. The first-order valence-corrected chi connectivity index (χ1v) is 8.23. The molecule has 25 heavy (non-hydrogen) atoms. The van der Waals surface area contributed by atoms with Crippen LogP contribution in [0.25, 0.3) is 0 Å². The van der Waals surface area contributed by atoms with Crippen LogP contribution in [-0.4, -0.2) is 56.6 Å². The van der Waals surface area contributed by atoms with Crippen molar-refractivity contribution in [1.29, 1.82) is 0 Å². The van der Waals surface area contributed by atoms with Crippen LogP contribution in [0.1, 0.15) is 6.92 Å². The van der Waals surface area contributed by atoms with Gasteiger partial charge in [-0.05, 0) is 38.2 Å². The number of carbonyl (C=O) groups excluding carboxylic acids is 2. The fourth-order valence-corrected chi connectivity index (χ4v) is 2.78. The molecule has 1 atom stereocenters. The van der Waals surface area contributed by atoms with E-state index in [1.165, 1.54) is 4.90 Å². The van der Waals surface area contributed by atoms with Crippen molar-refractivity contribution in [3.63, 3.8) is 0 Å². The Morgan fingerprint density at radius 1 is 1.08 bits per heavy atom. The molecule has 0 bridgehead atoms. The van der Waals surface area contributed by atoms with Crippen molar-refractivity contribution < 1.29 is 23.7 Å². The van der Waals surface area contributed by atoms with E-state index in [0.29, 0.717) is 11.6 Å². The zero-order valence-corrected chi connectivity index (χ0v) is 14.7. The van der Waals surface area contributed by atoms with Crippen molar-refractivity contribution in [3.8, 4) is 0 Å². The molecule has 0 spiro atoms. The third kappa shape index (κ3) is 4.53. The normalized spacial score (nSPS) is 22.7. The molecule has 1 aromatic rings. The van der Waals surface area contributed by atoms with Gasteiger partial charge < -0.3 is 9.31 Å². The summed E-state index contributed by atoms with van der Waals surface area (Å²) in [6.07, 6.45) is 1.79. The summed E-state index contributed by atoms with van der Waals surface area (Å²) in [6.45, 7) is 2.50. The average molecular weight is 365 g/mol. The largest absolute Gasteiger partial charge is 0.636 e. The van der Waals surface area contributed by atoms with Gasteiger partial charge in [0.15, 0.2) is 6.00 Å². The smallest absolute Gasteiger partial charge is 0.496 e. The van der Waals surface area contributed by atoms with E-state index >= 15 is 0 Å². The van der Waals surface area contributed by atoms with E-state index in [0.717, 1.165) is 11.3 Å². The second kappa shape index (κ2) is 7.47. The second-order valence-electron chi connectivity index (χ2n) is 6.12. The molecule has 0 aromatic heterocycles. The quantitative estimate of drug-likeness (QED) is 0.581. The molecule has 9 heteroatoms. The SMILES string of the molecule is CC1=CC(B2OC(=O)CN(C)CC(=O)O2)ON(c2ccc(Cl)cc2)C1. The molecule has 1 saturated heterocycles. The summed E-state index contributed by atoms with van der Waals surface area (Å²) in [7, 11) is 0.519. The summed E-state index contributed by atoms with van der Waals surface area (Å²) < 4.78 is 10.6. The van der Waals surface area contributed by atoms with E-state index < -0.39 is 25.1 Å². The van der Waals surface area contributed by atoms with Crippen molar-refractivity contribution in [2.45, 2.75) is 12.9 Å². The Balaban J connectivity index is 1.78. The van der Waals surface area contributed by atoms with E-state index in [2.05, 4.69) is 0 Å². The van der Waals surface area contributed by atoms with Gasteiger partial charge in [0, 0.05) is 5.02 Å². The first-order valence-electron chi connectivity index (χ1n) is 7.85. The van der Waals surface area contributed by atoms with Gasteiger partial charge in [0.1, 0.15) is 0 Å². The molecule has 7 nitrogen and oxygen atoms in total. The predicted molar refractivity (Wildman–Crippen MR) is 92.9 cm³/mol. The minimum absolute atomic E-state index is 0.0158. The lowest BCUT2D eigenvalue weighted by atomic mass is 9.79. The van der Waals surface area contributed by atoms with Gasteiger partial charge in [-0.25, -0.2) is 5.06 Å². The highest BCUT2D eigenvalue weighted by Crippen LogP contribution is 2.25. The Morgan fingerprint density at radius 2 is 1.68 bits per heavy atom. The van der Waals surface area contributed by atoms with Gasteiger partial charge in [-0.2, -0.15) is 0 Å². The molecular weight excluding hydrogens is 346 g/mol. The molecule has 0 N–H and O–H groups in total. The molecule has 132 valence electrons. The number of rotatable bonds is 2. The van der Waals surface area contributed by atoms with Crippen LogP contribution in [0.4, 0.5) is 5.69 Å². The number of hydrogen-bond acceptors (Lipinski definition) is 7. The third-order valence-electron chi connectivity index (χ3n) is 3.77. The zero-order chi connectivity index (χ0) is 18.0. The Kier molecular flexibility index (Phi) is 5.31. The molecule has 0 aliphatic carbocycles. The number of carbonyl (C=O) groups is 2. The molecule has 1 aromatic carbocycles. The molecule has 0 saturated carbocycles. The van der Waals surface area contributed by atoms with Crippen molar-refractivity contribution in [2.75, 3.05) is 31.7 Å². The van der Waals surface area contributed by atoms with Crippen LogP contribution in [0.2, 0.25) is 5.02 Å². The number of hydrogen-bond donors (Lipinski definition) is 0. The van der Waals surface area contributed by atoms with Gasteiger partial charge in [0.05, 0.1) is 25.3 Å². The van der Waals surface area contributed by atoms with Gasteiger partial charge in [0.25, 0.3) is 0 Å². The Morgan fingerprint density at radius 3 is 2.28 bits per heavy atom. The molecule has 3 rings (SSSR count). The van der Waals surface area contributed by atoms with Crippen molar-refractivity contribution >= 4 is 36.3 Å². The lowest BCUT2D eigenvalue weighted by Gasteiger charge is -2.34. The summed E-state index contributed by atoms with van der Waals surface area (Å²) in [6, 6.07) is 6.44. The lowest BCUT2D eigenvalue weighted by Crippen LogP contribution is -2.51. The number of likely N-dealkylation sites (N-methyl/N-ethyl adjacent to an activating group) is 1. The average Bonchev–Trinajstić information content (AvgIpc) is 2.52. The van der Waals surface area contributed by atoms with Gasteiger partial charge in [-0.3, -0.25) is 19.3 Å². The highest BCUT2D eigenvalue weighted by Gasteiger charge is 2.42. The first kappa shape index (κ1) is 17.8. The molecule has 0 radical (unpaired) electrons. The third-order valence-corrected chi connectivity index (χ3v) is 4.02. The Hall–Kier alpha value is -2.03. The predicted octanol–water partition coefficient (Wildman–Crippen LogP) is 1.47. The molecule has 2 heterocycles. The maximum absolute atomic E-state index is 11.9. The summed E-state index contributed by atoms with van der Waals surface area (Å²) in [4.78, 5) is 31.3. The van der Waals surface area contributed by atoms with Crippen LogP contribution < -0.4 is 5.06 Å². The van der Waals surface area contributed by atoms with Crippen LogP contribution in [0.3, 0.4) is 0 Å². The minimum Gasteiger partial charge on any atom is -0.496 e. The van der Waals surface area contributed by atoms with Gasteiger partial charge in [-0.1, -0.05) is 23.3 Å². The van der Waals surface area contributed by atoms with Crippen LogP contribution in [0.15, 0.2) is 35.9 Å². The summed E-state index contributed by atoms with van der Waals surface area (Å²) in [5, 5.41) is 2.28. The monoisotopic (exact) mass is 364 g/mol. The van der Waals surface area contributed by atoms with Gasteiger partial charge in [-0.15, -0.1) is 0 Å². The van der Waals surface area contributed by atoms with Crippen LogP contribution >= 0.6 is 11.6 Å². The summed E-state index contributed by atoms with van der Waals surface area (Å²) in [5.74, 6) is -0.948. The topological polar surface area (TPSA) is 68.3 Å². The Bertz CT molecular complexity index is 676. The lowest BCUT2D eigenvalue weighted by molar-refractivity contribution is -0.147. The molecule has 2 aliphatic rings. The molecule has 1 fully saturated rings. The van der Waals surface area contributed by atoms with Crippen molar-refractivity contribution in [1.82, 2.24) is 4.90 Å². The Labute approximate surface area is 151 Å². The van der Waals surface area contributed by atoms with E-state index in [4.69, 9.17) is 25.7 Å². The van der Waals surface area contributed by atoms with Crippen LogP contribution in [0, 0.1) is 0 Å². The fourth-order valence-electron chi connectivity index (χ4n) is 2.65. The van der Waals surface area contributed by atoms with Crippen molar-refractivity contribution in [2.24, 2.45) is 0 Å². The van der Waals surface area contributed by atoms with E-state index in [1.54, 1.807) is 30.3 Å². The van der Waals surface area contributed by atoms with E-state index in [9.17, 15) is 9.59 Å². The first-order chi connectivity index (χ1) is 11.9. The molecule has 2 aliphatic heterocycles. The summed E-state index contributed by atoms with van der Waals surface area (Å²) in [5.41, 5.74) is 1.79. The molecule has 0 amide bonds. The number of hydroxylamine groups is 1. The number of nitrogens with zero attached hydrogens (tertiary/aromatic N) is 2. The van der Waals surface area contributed by atoms with Gasteiger partial charge in [0.2, 0.25) is 0 Å². The van der Waals surface area contributed by atoms with Crippen LogP contribution in [-0.2, 0) is 23.7 Å². The second-order valence-corrected chi connectivity index (χ2v) is 6.55. The highest BCUT2D eigenvalue weighted by atomic mass is 35.5. The standard InChI is InChI=1S/C16H18BClN2O5/c1-11-7-14(17-23-15(21)9-19(2)10-16(22)24-17)25-20(8-11)13-5-3-12(18)4-6-13/h3-7,14H,8-10H2,1-2H3. The maximum Gasteiger partial charge on any atom is 0.636 e. The maximum atomic E-state index is 11.9. The van der Waals surface area contributed by atoms with Crippen LogP contribution in [0.5, 0.6) is 0 Å². The number of halogens is 1. The highest BCUT2D eigenvalue weighted by molar-refractivity contribution is 6.51. The van der Waals surface area contributed by atoms with E-state index in [-0.39, 0.29) is 13.1 Å². The van der Waals surface area contributed by atoms with Gasteiger partial charge >= 0.3 is 19.1 Å². The minimum atomic E-state index is -1.13. The van der Waals surface area contributed by atoms with E-state index in [1.807, 2.05) is 19.1 Å². The van der Waals surface area contributed by atoms with Crippen molar-refractivity contribution in [3.05, 3.63) is 40.9 Å². The number of anilines is 1.